The lowest BCUT2D eigenvalue weighted by atomic mass is 9.95. The number of hydrogen-bond donors (Lipinski definition) is 2. The minimum Gasteiger partial charge on any atom is -0.507 e. The number of phenolic OH excluding ortho intramolecular Hbond substituents is 1. The van der Waals surface area contributed by atoms with Crippen LogP contribution >= 0.6 is 0 Å². The Bertz CT molecular complexity index is 1030. The molecule has 1 aromatic heterocycles. The highest BCUT2D eigenvalue weighted by Gasteiger charge is 2.32. The monoisotopic (exact) mass is 408 g/mol. The summed E-state index contributed by atoms with van der Waals surface area (Å²) in [5, 5.41) is 11.5. The summed E-state index contributed by atoms with van der Waals surface area (Å²) in [6.07, 6.45) is 3.57. The van der Waals surface area contributed by atoms with Gasteiger partial charge in [-0.25, -0.2) is 4.79 Å². The van der Waals surface area contributed by atoms with E-state index < -0.39 is 5.97 Å². The number of phenols is 1. The van der Waals surface area contributed by atoms with Crippen molar-refractivity contribution in [2.75, 3.05) is 6.61 Å². The van der Waals surface area contributed by atoms with Crippen molar-refractivity contribution in [1.82, 2.24) is 0 Å². The average molecular weight is 409 g/mol. The van der Waals surface area contributed by atoms with Crippen LogP contribution in [0.25, 0.3) is 22.3 Å². The molecular formula is C25H30NO4+. The fraction of sp³-hybridized carbons (Fsp3) is 0.400. The summed E-state index contributed by atoms with van der Waals surface area (Å²) >= 11 is 0. The van der Waals surface area contributed by atoms with E-state index >= 15 is 0 Å². The molecule has 1 fully saturated rings. The first kappa shape index (κ1) is 20.5. The molecule has 0 amide bonds. The summed E-state index contributed by atoms with van der Waals surface area (Å²) in [6.45, 7) is 7.24. The predicted octanol–water partition coefficient (Wildman–Crippen LogP) is 4.33. The molecule has 1 saturated heterocycles. The first-order valence-electron chi connectivity index (χ1n) is 10.9. The largest absolute Gasteiger partial charge is 0.507 e. The van der Waals surface area contributed by atoms with Gasteiger partial charge in [0.1, 0.15) is 29.2 Å². The zero-order chi connectivity index (χ0) is 21.3. The van der Waals surface area contributed by atoms with E-state index in [9.17, 15) is 9.90 Å². The molecule has 0 unspecified atom stereocenters. The van der Waals surface area contributed by atoms with Crippen molar-refractivity contribution in [1.29, 1.82) is 0 Å². The van der Waals surface area contributed by atoms with Gasteiger partial charge in [-0.1, -0.05) is 30.3 Å². The number of quaternary nitrogens is 1. The number of benzene rings is 2. The number of ether oxygens (including phenoxy) is 1. The number of furan rings is 1. The Morgan fingerprint density at radius 2 is 1.83 bits per heavy atom. The van der Waals surface area contributed by atoms with E-state index in [1.165, 1.54) is 24.2 Å². The summed E-state index contributed by atoms with van der Waals surface area (Å²) in [7, 11) is 0. The van der Waals surface area contributed by atoms with Crippen LogP contribution in [-0.4, -0.2) is 29.8 Å². The molecule has 5 nitrogen and oxygen atoms in total. The number of likely N-dealkylation sites (tertiary alicyclic amines) is 1. The quantitative estimate of drug-likeness (QED) is 0.617. The Labute approximate surface area is 177 Å². The standard InChI is InChI=1S/C25H29NO4/c1-4-29-25(28)23-22-19(15-26-16(2)9-8-10-17(26)3)20(27)13-14-21(22)30-24(23)18-11-6-5-7-12-18/h5-7,11-14,16-17,27H,4,8-10,15H2,1-3H3/p+1/t16-,17-/m1/s1. The van der Waals surface area contributed by atoms with Crippen molar-refractivity contribution in [2.24, 2.45) is 0 Å². The van der Waals surface area contributed by atoms with Gasteiger partial charge in [-0.2, -0.15) is 0 Å². The van der Waals surface area contributed by atoms with Crippen LogP contribution in [0.1, 0.15) is 56.0 Å². The van der Waals surface area contributed by atoms with E-state index in [0.29, 0.717) is 40.9 Å². The van der Waals surface area contributed by atoms with E-state index in [4.69, 9.17) is 9.15 Å². The Hall–Kier alpha value is -2.79. The molecule has 0 aliphatic carbocycles. The van der Waals surface area contributed by atoms with Gasteiger partial charge in [0.2, 0.25) is 0 Å². The molecule has 2 atom stereocenters. The van der Waals surface area contributed by atoms with Crippen molar-refractivity contribution < 1.29 is 24.0 Å². The maximum absolute atomic E-state index is 13.0. The van der Waals surface area contributed by atoms with Crippen LogP contribution in [-0.2, 0) is 11.3 Å². The zero-order valence-corrected chi connectivity index (χ0v) is 17.9. The minimum absolute atomic E-state index is 0.200. The molecule has 4 rings (SSSR count). The fourth-order valence-corrected chi connectivity index (χ4v) is 4.76. The van der Waals surface area contributed by atoms with Crippen LogP contribution in [0.3, 0.4) is 0 Å². The van der Waals surface area contributed by atoms with E-state index in [1.54, 1.807) is 19.1 Å². The summed E-state index contributed by atoms with van der Waals surface area (Å²) in [5.74, 6) is 0.272. The van der Waals surface area contributed by atoms with Crippen LogP contribution < -0.4 is 4.90 Å². The van der Waals surface area contributed by atoms with Crippen molar-refractivity contribution in [2.45, 2.75) is 58.7 Å². The number of esters is 1. The van der Waals surface area contributed by atoms with Gasteiger partial charge in [-0.05, 0) is 52.2 Å². The number of carbonyl (C=O) groups is 1. The lowest BCUT2D eigenvalue weighted by Crippen LogP contribution is -3.18. The van der Waals surface area contributed by atoms with Crippen molar-refractivity contribution >= 4 is 16.9 Å². The summed E-state index contributed by atoms with van der Waals surface area (Å²) in [4.78, 5) is 14.5. The maximum atomic E-state index is 13.0. The van der Waals surface area contributed by atoms with Gasteiger partial charge in [-0.15, -0.1) is 0 Å². The Morgan fingerprint density at radius 3 is 2.50 bits per heavy atom. The second-order valence-electron chi connectivity index (χ2n) is 8.31. The third-order valence-corrected chi connectivity index (χ3v) is 6.38. The number of fused-ring (bicyclic) bond motifs is 1. The van der Waals surface area contributed by atoms with E-state index in [-0.39, 0.29) is 12.4 Å². The van der Waals surface area contributed by atoms with E-state index in [0.717, 1.165) is 11.1 Å². The second kappa shape index (κ2) is 8.52. The molecule has 0 bridgehead atoms. The molecule has 3 aromatic rings. The number of aromatic hydroxyl groups is 1. The number of nitrogens with one attached hydrogen (secondary N) is 1. The number of hydrogen-bond acceptors (Lipinski definition) is 4. The lowest BCUT2D eigenvalue weighted by molar-refractivity contribution is -0.964. The molecule has 0 radical (unpaired) electrons. The Kier molecular flexibility index (Phi) is 5.82. The van der Waals surface area contributed by atoms with Crippen molar-refractivity contribution in [3.8, 4) is 17.1 Å². The van der Waals surface area contributed by atoms with E-state index in [1.807, 2.05) is 30.3 Å². The molecule has 0 spiro atoms. The Balaban J connectivity index is 1.91. The average Bonchev–Trinajstić information content (AvgIpc) is 3.13. The first-order chi connectivity index (χ1) is 14.5. The Morgan fingerprint density at radius 1 is 1.13 bits per heavy atom. The second-order valence-corrected chi connectivity index (χ2v) is 8.31. The SMILES string of the molecule is CCOC(=O)c1c(-c2ccccc2)oc2ccc(O)c(C[NH+]3[C@H](C)CCC[C@H]3C)c12. The predicted molar refractivity (Wildman–Crippen MR) is 117 cm³/mol. The third-order valence-electron chi connectivity index (χ3n) is 6.38. The van der Waals surface area contributed by atoms with Crippen LogP contribution in [0.2, 0.25) is 0 Å². The highest BCUT2D eigenvalue weighted by Crippen LogP contribution is 2.39. The smallest absolute Gasteiger partial charge is 0.342 e. The molecule has 1 aliphatic rings. The van der Waals surface area contributed by atoms with Gasteiger partial charge in [0.05, 0.1) is 24.3 Å². The zero-order valence-electron chi connectivity index (χ0n) is 17.9. The van der Waals surface area contributed by atoms with Crippen LogP contribution in [0.5, 0.6) is 5.75 Å². The van der Waals surface area contributed by atoms with Gasteiger partial charge in [0, 0.05) is 10.9 Å². The number of rotatable bonds is 5. The van der Waals surface area contributed by atoms with Crippen LogP contribution in [0, 0.1) is 0 Å². The molecule has 158 valence electrons. The summed E-state index contributed by atoms with van der Waals surface area (Å²) in [6, 6.07) is 14.0. The molecule has 30 heavy (non-hydrogen) atoms. The van der Waals surface area contributed by atoms with Crippen LogP contribution in [0.15, 0.2) is 46.9 Å². The molecule has 0 saturated carbocycles. The number of carbonyl (C=O) groups excluding carboxylic acids is 1. The molecule has 1 aliphatic heterocycles. The first-order valence-corrected chi connectivity index (χ1v) is 10.9. The molecule has 5 heteroatoms. The van der Waals surface area contributed by atoms with Gasteiger partial charge in [0.15, 0.2) is 0 Å². The van der Waals surface area contributed by atoms with Crippen molar-refractivity contribution in [3.63, 3.8) is 0 Å². The van der Waals surface area contributed by atoms with Crippen molar-refractivity contribution in [3.05, 3.63) is 53.6 Å². The minimum atomic E-state index is -0.420. The molecular weight excluding hydrogens is 378 g/mol. The van der Waals surface area contributed by atoms with Gasteiger partial charge >= 0.3 is 5.97 Å². The third kappa shape index (κ3) is 3.70. The van der Waals surface area contributed by atoms with E-state index in [2.05, 4.69) is 13.8 Å². The lowest BCUT2D eigenvalue weighted by Gasteiger charge is -2.36. The van der Waals surface area contributed by atoms with Gasteiger partial charge in [0.25, 0.3) is 0 Å². The highest BCUT2D eigenvalue weighted by molar-refractivity contribution is 6.10. The van der Waals surface area contributed by atoms with Gasteiger partial charge < -0.3 is 19.2 Å². The summed E-state index contributed by atoms with van der Waals surface area (Å²) < 4.78 is 11.6. The number of piperidine rings is 1. The maximum Gasteiger partial charge on any atom is 0.342 e. The normalized spacial score (nSPS) is 19.8. The molecule has 2 N–H and O–H groups in total. The van der Waals surface area contributed by atoms with Gasteiger partial charge in [-0.3, -0.25) is 0 Å². The molecule has 2 heterocycles. The summed E-state index contributed by atoms with van der Waals surface area (Å²) in [5.41, 5.74) is 2.58. The fourth-order valence-electron chi connectivity index (χ4n) is 4.76. The van der Waals surface area contributed by atoms with Crippen LogP contribution in [0.4, 0.5) is 0 Å². The highest BCUT2D eigenvalue weighted by atomic mass is 16.5. The topological polar surface area (TPSA) is 64.1 Å². The molecule has 2 aromatic carbocycles.